The van der Waals surface area contributed by atoms with Gasteiger partial charge in [0, 0.05) is 0 Å². The van der Waals surface area contributed by atoms with Gasteiger partial charge in [-0.1, -0.05) is 0 Å². The number of hydrogen-bond donors (Lipinski definition) is 0. The van der Waals surface area contributed by atoms with Crippen LogP contribution in [-0.4, -0.2) is 10.2 Å². The zero-order valence-electron chi connectivity index (χ0n) is 4.46. The normalized spacial score (nSPS) is 4.80. The minimum absolute atomic E-state index is 0. The van der Waals surface area contributed by atoms with Crippen LogP contribution < -0.4 is 0 Å². The molecule has 0 saturated carbocycles. The summed E-state index contributed by atoms with van der Waals surface area (Å²) in [6.45, 7) is 0. The topological polar surface area (TPSA) is 132 Å². The van der Waals surface area contributed by atoms with E-state index in [0.29, 0.717) is 0 Å². The molecule has 0 N–H and O–H groups in total. The van der Waals surface area contributed by atoms with Crippen molar-refractivity contribution in [2.75, 3.05) is 0 Å². The van der Waals surface area contributed by atoms with E-state index in [-0.39, 0.29) is 31.9 Å². The Labute approximate surface area is 73.2 Å². The Morgan fingerprint density at radius 3 is 0.800 bits per heavy atom. The zero-order valence-corrected chi connectivity index (χ0v) is 8.24. The monoisotopic (exact) mass is 224 g/mol. The van der Waals surface area contributed by atoms with Gasteiger partial charge in [-0.3, -0.25) is 0 Å². The van der Waals surface area contributed by atoms with Crippen molar-refractivity contribution in [3.8, 4) is 0 Å². The van der Waals surface area contributed by atoms with Gasteiger partial charge in [0.25, 0.3) is 0 Å². The molecule has 0 aromatic heterocycles. The predicted octanol–water partition coefficient (Wildman–Crippen LogP) is -0.0589. The Hall–Kier alpha value is -0.687. The minimum Gasteiger partial charge on any atom is -0.356 e. The van der Waals surface area contributed by atoms with Crippen LogP contribution in [0.5, 0.6) is 0 Å². The van der Waals surface area contributed by atoms with E-state index in [1.165, 1.54) is 0 Å². The molecule has 0 aliphatic carbocycles. The van der Waals surface area contributed by atoms with Crippen molar-refractivity contribution in [3.63, 3.8) is 0 Å². The van der Waals surface area contributed by atoms with E-state index in [0.717, 1.165) is 0 Å². The third-order valence-corrected chi connectivity index (χ3v) is 0. The molecule has 0 amide bonds. The number of rotatable bonds is 0. The average molecular weight is 226 g/mol. The fraction of sp³-hybridized carbons (Fsp3) is 0. The molecule has 10 heavy (non-hydrogen) atoms. The van der Waals surface area contributed by atoms with Gasteiger partial charge in [-0.2, -0.15) is 0 Å². The van der Waals surface area contributed by atoms with Crippen molar-refractivity contribution < 1.29 is 29.7 Å². The van der Waals surface area contributed by atoms with Gasteiger partial charge in [0.2, 0.25) is 0 Å². The molecule has 0 heterocycles. The van der Waals surface area contributed by atoms with E-state index in [2.05, 4.69) is 0 Å². The van der Waals surface area contributed by atoms with Crippen LogP contribution in [0.1, 0.15) is 0 Å². The van der Waals surface area contributed by atoms with E-state index in [1.807, 2.05) is 0 Å². The molecule has 0 aromatic carbocycles. The summed E-state index contributed by atoms with van der Waals surface area (Å²) in [4.78, 5) is 16.5. The van der Waals surface area contributed by atoms with E-state index < -0.39 is 10.2 Å². The Kier molecular flexibility index (Phi) is 35.9. The van der Waals surface area contributed by atoms with Crippen molar-refractivity contribution in [3.05, 3.63) is 30.6 Å². The second kappa shape index (κ2) is 15.7. The van der Waals surface area contributed by atoms with Crippen LogP contribution in [0.4, 0.5) is 0 Å². The summed E-state index contributed by atoms with van der Waals surface area (Å²) < 4.78 is 0. The van der Waals surface area contributed by atoms with E-state index in [9.17, 15) is 0 Å². The molecule has 0 saturated heterocycles. The summed E-state index contributed by atoms with van der Waals surface area (Å²) in [5.41, 5.74) is 0. The molecule has 0 unspecified atom stereocenters. The maximum atomic E-state index is 8.25. The largest absolute Gasteiger partial charge is 2.00 e. The third-order valence-electron chi connectivity index (χ3n) is 0. The van der Waals surface area contributed by atoms with Crippen molar-refractivity contribution >= 4 is 12.4 Å². The van der Waals surface area contributed by atoms with Crippen LogP contribution in [0.2, 0.25) is 0 Å². The molecule has 0 aliphatic rings. The summed E-state index contributed by atoms with van der Waals surface area (Å²) in [5, 5.41) is 29.5. The number of hydrogen-bond acceptors (Lipinski definition) is 6. The van der Waals surface area contributed by atoms with Gasteiger partial charge >= 0.3 is 19.5 Å². The standard InChI is InChI=1S/ClH.2NO3.Zn/c;2*2-1(3)4;/h1H;;;/q;2*-1;+2. The van der Waals surface area contributed by atoms with E-state index >= 15 is 0 Å². The summed E-state index contributed by atoms with van der Waals surface area (Å²) in [6.07, 6.45) is 0. The van der Waals surface area contributed by atoms with Gasteiger partial charge in [-0.05, 0) is 0 Å². The Balaban J connectivity index is -0.0000000300. The molecule has 0 bridgehead atoms. The van der Waals surface area contributed by atoms with Crippen LogP contribution >= 0.6 is 12.4 Å². The van der Waals surface area contributed by atoms with Gasteiger partial charge in [0.1, 0.15) is 0 Å². The molecular weight excluding hydrogens is 225 g/mol. The summed E-state index contributed by atoms with van der Waals surface area (Å²) in [5.74, 6) is 0. The Bertz CT molecular complexity index is 73.7. The Morgan fingerprint density at radius 1 is 0.800 bits per heavy atom. The summed E-state index contributed by atoms with van der Waals surface area (Å²) in [7, 11) is 0. The molecule has 0 fully saturated rings. The third kappa shape index (κ3) is 618. The molecular formula is HClN2O6Zn. The molecule has 10 heteroatoms. The Morgan fingerprint density at radius 2 is 0.800 bits per heavy atom. The van der Waals surface area contributed by atoms with Gasteiger partial charge in [0.05, 0.1) is 10.2 Å². The van der Waals surface area contributed by atoms with Gasteiger partial charge in [0.15, 0.2) is 0 Å². The maximum absolute atomic E-state index is 8.25. The fourth-order valence-corrected chi connectivity index (χ4v) is 0. The van der Waals surface area contributed by atoms with Gasteiger partial charge in [-0.25, -0.2) is 0 Å². The van der Waals surface area contributed by atoms with Crippen LogP contribution in [0.15, 0.2) is 0 Å². The quantitative estimate of drug-likeness (QED) is 0.322. The smallest absolute Gasteiger partial charge is 0.356 e. The van der Waals surface area contributed by atoms with E-state index in [1.54, 1.807) is 0 Å². The number of nitrogens with zero attached hydrogens (tertiary/aromatic N) is 2. The molecule has 0 aromatic rings. The van der Waals surface area contributed by atoms with Crippen LogP contribution in [-0.2, 0) is 19.5 Å². The molecule has 8 nitrogen and oxygen atoms in total. The van der Waals surface area contributed by atoms with Crippen LogP contribution in [0.25, 0.3) is 0 Å². The average Bonchev–Trinajstić information content (AvgIpc) is 1.25. The van der Waals surface area contributed by atoms with Crippen LogP contribution in [0, 0.1) is 30.6 Å². The SMILES string of the molecule is Cl.O=[N+]([O-])[O-].O=[N+]([O-])[O-].[Zn+2]. The number of halogens is 1. The minimum atomic E-state index is -1.75. The van der Waals surface area contributed by atoms with E-state index in [4.69, 9.17) is 30.6 Å². The predicted molar refractivity (Wildman–Crippen MR) is 28.0 cm³/mol. The molecule has 0 aliphatic heterocycles. The molecule has 0 atom stereocenters. The first-order chi connectivity index (χ1) is 3.46. The van der Waals surface area contributed by atoms with Crippen molar-refractivity contribution in [2.45, 2.75) is 0 Å². The van der Waals surface area contributed by atoms with Gasteiger partial charge < -0.3 is 30.6 Å². The van der Waals surface area contributed by atoms with Crippen molar-refractivity contribution in [2.24, 2.45) is 0 Å². The summed E-state index contributed by atoms with van der Waals surface area (Å²) >= 11 is 0. The first kappa shape index (κ1) is 22.8. The molecule has 56 valence electrons. The second-order valence-electron chi connectivity index (χ2n) is 0.447. The van der Waals surface area contributed by atoms with Gasteiger partial charge in [-0.15, -0.1) is 12.4 Å². The molecule has 0 radical (unpaired) electrons. The fourth-order valence-electron chi connectivity index (χ4n) is 0. The van der Waals surface area contributed by atoms with Crippen molar-refractivity contribution in [1.82, 2.24) is 0 Å². The van der Waals surface area contributed by atoms with Crippen LogP contribution in [0.3, 0.4) is 0 Å². The molecule has 0 spiro atoms. The van der Waals surface area contributed by atoms with Crippen molar-refractivity contribution in [1.29, 1.82) is 0 Å². The maximum Gasteiger partial charge on any atom is 2.00 e. The summed E-state index contributed by atoms with van der Waals surface area (Å²) in [6, 6.07) is 0. The zero-order chi connectivity index (χ0) is 7.15. The second-order valence-corrected chi connectivity index (χ2v) is 0.447. The first-order valence-corrected chi connectivity index (χ1v) is 1.10. The first-order valence-electron chi connectivity index (χ1n) is 1.10. The molecule has 0 rings (SSSR count).